The largest absolute Gasteiger partial charge is 0.484 e. The van der Waals surface area contributed by atoms with Crippen LogP contribution in [0.1, 0.15) is 19.3 Å². The van der Waals surface area contributed by atoms with Gasteiger partial charge in [0.2, 0.25) is 6.79 Å². The summed E-state index contributed by atoms with van der Waals surface area (Å²) in [6.07, 6.45) is 3.25. The van der Waals surface area contributed by atoms with Crippen LogP contribution >= 0.6 is 0 Å². The zero-order valence-electron chi connectivity index (χ0n) is 13.1. The lowest BCUT2D eigenvalue weighted by Crippen LogP contribution is -2.48. The Morgan fingerprint density at radius 2 is 2.17 bits per heavy atom. The molecule has 4 rings (SSSR count). The number of ether oxygens (including phenoxy) is 4. The van der Waals surface area contributed by atoms with Crippen LogP contribution in [0, 0.1) is 5.41 Å². The van der Waals surface area contributed by atoms with E-state index in [4.69, 9.17) is 18.9 Å². The van der Waals surface area contributed by atoms with Crippen molar-refractivity contribution in [1.82, 2.24) is 4.90 Å². The van der Waals surface area contributed by atoms with Crippen molar-refractivity contribution in [1.29, 1.82) is 0 Å². The van der Waals surface area contributed by atoms with E-state index in [1.54, 1.807) is 18.2 Å². The van der Waals surface area contributed by atoms with Crippen molar-refractivity contribution >= 4 is 5.91 Å². The zero-order chi connectivity index (χ0) is 15.7. The molecule has 23 heavy (non-hydrogen) atoms. The summed E-state index contributed by atoms with van der Waals surface area (Å²) in [7, 11) is 0. The van der Waals surface area contributed by atoms with Gasteiger partial charge in [-0.1, -0.05) is 0 Å². The number of likely N-dealkylation sites (tertiary alicyclic amines) is 1. The summed E-state index contributed by atoms with van der Waals surface area (Å²) in [5.41, 5.74) is 0.173. The van der Waals surface area contributed by atoms with Crippen LogP contribution in [0.5, 0.6) is 17.2 Å². The molecule has 3 aliphatic heterocycles. The Labute approximate surface area is 135 Å². The molecule has 1 spiro atoms. The lowest BCUT2D eigenvalue weighted by Gasteiger charge is -2.39. The highest BCUT2D eigenvalue weighted by Gasteiger charge is 2.40. The number of hydrogen-bond acceptors (Lipinski definition) is 5. The summed E-state index contributed by atoms with van der Waals surface area (Å²) in [5, 5.41) is 0. The number of nitrogens with zero attached hydrogens (tertiary/aromatic N) is 1. The number of piperidine rings is 1. The highest BCUT2D eigenvalue weighted by Crippen LogP contribution is 2.38. The monoisotopic (exact) mass is 319 g/mol. The van der Waals surface area contributed by atoms with Crippen LogP contribution in [0.4, 0.5) is 0 Å². The van der Waals surface area contributed by atoms with Crippen LogP contribution in [0.3, 0.4) is 0 Å². The van der Waals surface area contributed by atoms with Gasteiger partial charge in [0.25, 0.3) is 5.91 Å². The van der Waals surface area contributed by atoms with E-state index in [9.17, 15) is 4.79 Å². The third-order valence-corrected chi connectivity index (χ3v) is 4.91. The summed E-state index contributed by atoms with van der Waals surface area (Å²) in [4.78, 5) is 14.4. The molecule has 2 saturated heterocycles. The fourth-order valence-electron chi connectivity index (χ4n) is 3.60. The van der Waals surface area contributed by atoms with Crippen LogP contribution in [0.15, 0.2) is 18.2 Å². The first kappa shape index (κ1) is 14.6. The standard InChI is InChI=1S/C17H21NO5/c19-16(18-6-1-4-17(10-18)5-7-20-11-17)9-21-13-2-3-14-15(8-13)23-12-22-14/h2-3,8H,1,4-7,9-12H2/t17-/m1/s1. The maximum atomic E-state index is 12.4. The molecule has 2 fully saturated rings. The van der Waals surface area contributed by atoms with Crippen LogP contribution in [0.25, 0.3) is 0 Å². The summed E-state index contributed by atoms with van der Waals surface area (Å²) >= 11 is 0. The molecule has 0 unspecified atom stereocenters. The first-order valence-corrected chi connectivity index (χ1v) is 8.12. The van der Waals surface area contributed by atoms with E-state index in [1.807, 2.05) is 4.90 Å². The van der Waals surface area contributed by atoms with Crippen molar-refractivity contribution in [2.45, 2.75) is 19.3 Å². The smallest absolute Gasteiger partial charge is 0.260 e. The van der Waals surface area contributed by atoms with Crippen molar-refractivity contribution < 1.29 is 23.7 Å². The van der Waals surface area contributed by atoms with Gasteiger partial charge >= 0.3 is 0 Å². The van der Waals surface area contributed by atoms with E-state index in [2.05, 4.69) is 0 Å². The molecule has 1 atom stereocenters. The minimum Gasteiger partial charge on any atom is -0.484 e. The second-order valence-corrected chi connectivity index (χ2v) is 6.53. The van der Waals surface area contributed by atoms with Crippen molar-refractivity contribution in [2.75, 3.05) is 39.7 Å². The molecular weight excluding hydrogens is 298 g/mol. The van der Waals surface area contributed by atoms with E-state index >= 15 is 0 Å². The maximum absolute atomic E-state index is 12.4. The Bertz CT molecular complexity index is 597. The van der Waals surface area contributed by atoms with Gasteiger partial charge in [-0.15, -0.1) is 0 Å². The molecule has 3 heterocycles. The first-order valence-electron chi connectivity index (χ1n) is 8.12. The summed E-state index contributed by atoms with van der Waals surface area (Å²) in [5.74, 6) is 2.03. The predicted octanol–water partition coefficient (Wildman–Crippen LogP) is 1.82. The topological polar surface area (TPSA) is 57.2 Å². The summed E-state index contributed by atoms with van der Waals surface area (Å²) in [6, 6.07) is 5.36. The fourth-order valence-corrected chi connectivity index (χ4v) is 3.60. The molecule has 6 heteroatoms. The van der Waals surface area contributed by atoms with Gasteiger partial charge in [-0.25, -0.2) is 0 Å². The lowest BCUT2D eigenvalue weighted by atomic mass is 9.79. The van der Waals surface area contributed by atoms with Crippen LogP contribution in [-0.4, -0.2) is 50.5 Å². The lowest BCUT2D eigenvalue weighted by molar-refractivity contribution is -0.137. The van der Waals surface area contributed by atoms with Crippen molar-refractivity contribution in [3.05, 3.63) is 18.2 Å². The third-order valence-electron chi connectivity index (χ3n) is 4.91. The molecule has 1 amide bonds. The Balaban J connectivity index is 1.34. The Morgan fingerprint density at radius 1 is 1.26 bits per heavy atom. The Morgan fingerprint density at radius 3 is 3.04 bits per heavy atom. The summed E-state index contributed by atoms with van der Waals surface area (Å²) in [6.45, 7) is 3.48. The molecule has 6 nitrogen and oxygen atoms in total. The van der Waals surface area contributed by atoms with E-state index in [0.717, 1.165) is 45.6 Å². The molecule has 0 bridgehead atoms. The molecule has 0 aliphatic carbocycles. The minimum absolute atomic E-state index is 0.0358. The average molecular weight is 319 g/mol. The molecule has 0 aromatic heterocycles. The minimum atomic E-state index is 0.0358. The highest BCUT2D eigenvalue weighted by atomic mass is 16.7. The molecule has 1 aromatic rings. The Hall–Kier alpha value is -1.95. The van der Waals surface area contributed by atoms with Gasteiger partial charge in [0.05, 0.1) is 6.61 Å². The average Bonchev–Trinajstić information content (AvgIpc) is 3.21. The highest BCUT2D eigenvalue weighted by molar-refractivity contribution is 5.78. The van der Waals surface area contributed by atoms with Gasteiger partial charge in [0.15, 0.2) is 18.1 Å². The van der Waals surface area contributed by atoms with Crippen LogP contribution < -0.4 is 14.2 Å². The van der Waals surface area contributed by atoms with Crippen molar-refractivity contribution in [3.63, 3.8) is 0 Å². The number of rotatable bonds is 3. The number of hydrogen-bond donors (Lipinski definition) is 0. The molecule has 0 saturated carbocycles. The number of benzene rings is 1. The van der Waals surface area contributed by atoms with E-state index in [-0.39, 0.29) is 24.7 Å². The number of carbonyl (C=O) groups is 1. The second kappa shape index (κ2) is 5.92. The molecule has 1 aromatic carbocycles. The third kappa shape index (κ3) is 2.95. The van der Waals surface area contributed by atoms with Gasteiger partial charge in [-0.2, -0.15) is 0 Å². The number of fused-ring (bicyclic) bond motifs is 1. The maximum Gasteiger partial charge on any atom is 0.260 e. The normalized spacial score (nSPS) is 25.8. The van der Waals surface area contributed by atoms with E-state index in [1.165, 1.54) is 0 Å². The van der Waals surface area contributed by atoms with Crippen LogP contribution in [-0.2, 0) is 9.53 Å². The van der Waals surface area contributed by atoms with Crippen molar-refractivity contribution in [3.8, 4) is 17.2 Å². The SMILES string of the molecule is O=C(COc1ccc2c(c1)OCO2)N1CCC[C@@]2(CCOC2)C1. The van der Waals surface area contributed by atoms with Gasteiger partial charge < -0.3 is 23.8 Å². The Kier molecular flexibility index (Phi) is 3.77. The van der Waals surface area contributed by atoms with Crippen molar-refractivity contribution in [2.24, 2.45) is 5.41 Å². The molecule has 3 aliphatic rings. The van der Waals surface area contributed by atoms with E-state index in [0.29, 0.717) is 17.2 Å². The predicted molar refractivity (Wildman–Crippen MR) is 81.7 cm³/mol. The molecule has 124 valence electrons. The fraction of sp³-hybridized carbons (Fsp3) is 0.588. The zero-order valence-corrected chi connectivity index (χ0v) is 13.1. The second-order valence-electron chi connectivity index (χ2n) is 6.53. The van der Waals surface area contributed by atoms with E-state index < -0.39 is 0 Å². The number of amides is 1. The molecular formula is C17H21NO5. The van der Waals surface area contributed by atoms with Gasteiger partial charge in [-0.3, -0.25) is 4.79 Å². The number of carbonyl (C=O) groups excluding carboxylic acids is 1. The van der Waals surface area contributed by atoms with Gasteiger partial charge in [0, 0.05) is 31.2 Å². The quantitative estimate of drug-likeness (QED) is 0.850. The van der Waals surface area contributed by atoms with Gasteiger partial charge in [0.1, 0.15) is 5.75 Å². The van der Waals surface area contributed by atoms with Gasteiger partial charge in [-0.05, 0) is 31.4 Å². The first-order chi connectivity index (χ1) is 11.2. The molecule has 0 radical (unpaired) electrons. The van der Waals surface area contributed by atoms with Crippen LogP contribution in [0.2, 0.25) is 0 Å². The summed E-state index contributed by atoms with van der Waals surface area (Å²) < 4.78 is 21.8. The molecule has 0 N–H and O–H groups in total.